The molecule has 3 N–H and O–H groups in total. The summed E-state index contributed by atoms with van der Waals surface area (Å²) in [6, 6.07) is 9.20. The van der Waals surface area contributed by atoms with Crippen LogP contribution in [0.5, 0.6) is 0 Å². The Labute approximate surface area is 130 Å². The van der Waals surface area contributed by atoms with E-state index in [1.807, 2.05) is 24.4 Å². The molecule has 22 heavy (non-hydrogen) atoms. The number of rotatable bonds is 5. The number of carboxylic acid groups (broad SMARTS) is 1. The molecule has 1 heterocycles. The van der Waals surface area contributed by atoms with Crippen molar-refractivity contribution in [3.8, 4) is 0 Å². The van der Waals surface area contributed by atoms with Crippen LogP contribution in [0, 0.1) is 0 Å². The summed E-state index contributed by atoms with van der Waals surface area (Å²) in [5, 5.41) is 8.95. The summed E-state index contributed by atoms with van der Waals surface area (Å²) >= 11 is 0. The van der Waals surface area contributed by atoms with Crippen molar-refractivity contribution >= 4 is 5.97 Å². The molecule has 0 amide bonds. The molecule has 0 fully saturated rings. The van der Waals surface area contributed by atoms with E-state index in [4.69, 9.17) is 10.8 Å². The predicted molar refractivity (Wildman–Crippen MR) is 85.8 cm³/mol. The van der Waals surface area contributed by atoms with Gasteiger partial charge in [-0.3, -0.25) is 4.79 Å². The molecule has 1 aromatic carbocycles. The Morgan fingerprint density at radius 3 is 2.50 bits per heavy atom. The maximum atomic E-state index is 10.9. The van der Waals surface area contributed by atoms with E-state index >= 15 is 0 Å². The monoisotopic (exact) mass is 301 g/mol. The lowest BCUT2D eigenvalue weighted by atomic mass is 9.95. The molecule has 0 radical (unpaired) electrons. The summed E-state index contributed by atoms with van der Waals surface area (Å²) in [5.41, 5.74) is 7.39. The third kappa shape index (κ3) is 3.95. The van der Waals surface area contributed by atoms with Gasteiger partial charge in [-0.2, -0.15) is 0 Å². The Morgan fingerprint density at radius 2 is 1.95 bits per heavy atom. The molecule has 0 aliphatic carbocycles. The van der Waals surface area contributed by atoms with E-state index in [1.165, 1.54) is 5.56 Å². The van der Waals surface area contributed by atoms with E-state index in [-0.39, 0.29) is 11.8 Å². The van der Waals surface area contributed by atoms with Crippen molar-refractivity contribution in [1.82, 2.24) is 9.55 Å². The van der Waals surface area contributed by atoms with E-state index in [0.29, 0.717) is 6.54 Å². The van der Waals surface area contributed by atoms with E-state index in [1.54, 1.807) is 0 Å². The minimum absolute atomic E-state index is 0.125. The van der Waals surface area contributed by atoms with Crippen LogP contribution in [-0.4, -0.2) is 26.7 Å². The van der Waals surface area contributed by atoms with Gasteiger partial charge in [-0.25, -0.2) is 4.98 Å². The molecule has 1 aromatic heterocycles. The smallest absolute Gasteiger partial charge is 0.320 e. The van der Waals surface area contributed by atoms with Gasteiger partial charge in [-0.05, 0) is 5.56 Å². The zero-order valence-electron chi connectivity index (χ0n) is 13.3. The van der Waals surface area contributed by atoms with Gasteiger partial charge < -0.3 is 15.4 Å². The number of benzene rings is 1. The van der Waals surface area contributed by atoms with Crippen molar-refractivity contribution in [1.29, 1.82) is 0 Å². The minimum Gasteiger partial charge on any atom is -0.480 e. The molecule has 0 aliphatic heterocycles. The second kappa shape index (κ2) is 6.32. The van der Waals surface area contributed by atoms with Gasteiger partial charge in [0.15, 0.2) is 0 Å². The predicted octanol–water partition coefficient (Wildman–Crippen LogP) is 2.18. The lowest BCUT2D eigenvalue weighted by molar-refractivity contribution is -0.138. The summed E-state index contributed by atoms with van der Waals surface area (Å²) in [7, 11) is 0. The minimum atomic E-state index is -1.00. The third-order valence-electron chi connectivity index (χ3n) is 3.44. The summed E-state index contributed by atoms with van der Waals surface area (Å²) in [6.45, 7) is 7.00. The number of aliphatic carboxylic acids is 1. The quantitative estimate of drug-likeness (QED) is 0.887. The van der Waals surface area contributed by atoms with Crippen LogP contribution in [-0.2, 0) is 23.2 Å². The van der Waals surface area contributed by atoms with E-state index in [0.717, 1.165) is 11.5 Å². The largest absolute Gasteiger partial charge is 0.480 e. The lowest BCUT2D eigenvalue weighted by Crippen LogP contribution is -2.32. The maximum Gasteiger partial charge on any atom is 0.320 e. The molecule has 2 aromatic rings. The summed E-state index contributed by atoms with van der Waals surface area (Å²) in [5.74, 6) is -0.0705. The molecule has 0 spiro atoms. The standard InChI is InChI=1S/C17H23N3O2/c1-17(2,3)16-19-13(9-14(18)15(21)22)11-20(16)10-12-7-5-4-6-8-12/h4-8,11,14H,9-10,18H2,1-3H3,(H,21,22)/t14-/m0/s1. The van der Waals surface area contributed by atoms with Crippen LogP contribution in [0.25, 0.3) is 0 Å². The molecule has 0 saturated heterocycles. The van der Waals surface area contributed by atoms with Gasteiger partial charge in [0.1, 0.15) is 11.9 Å². The van der Waals surface area contributed by atoms with Crippen molar-refractivity contribution in [2.75, 3.05) is 0 Å². The van der Waals surface area contributed by atoms with Gasteiger partial charge in [0.05, 0.1) is 5.69 Å². The van der Waals surface area contributed by atoms with Crippen LogP contribution in [0.3, 0.4) is 0 Å². The molecule has 1 atom stereocenters. The average molecular weight is 301 g/mol. The van der Waals surface area contributed by atoms with Crippen molar-refractivity contribution in [2.24, 2.45) is 5.73 Å². The Balaban J connectivity index is 2.31. The summed E-state index contributed by atoms with van der Waals surface area (Å²) in [6.07, 6.45) is 2.15. The van der Waals surface area contributed by atoms with Crippen LogP contribution in [0.2, 0.25) is 0 Å². The first-order chi connectivity index (χ1) is 10.3. The lowest BCUT2D eigenvalue weighted by Gasteiger charge is -2.19. The third-order valence-corrected chi connectivity index (χ3v) is 3.44. The highest BCUT2D eigenvalue weighted by atomic mass is 16.4. The second-order valence-corrected chi connectivity index (χ2v) is 6.57. The molecule has 118 valence electrons. The fraction of sp³-hybridized carbons (Fsp3) is 0.412. The zero-order valence-corrected chi connectivity index (χ0v) is 13.3. The number of nitrogens with two attached hydrogens (primary N) is 1. The van der Waals surface area contributed by atoms with Crippen LogP contribution in [0.1, 0.15) is 37.9 Å². The van der Waals surface area contributed by atoms with Crippen LogP contribution in [0.4, 0.5) is 0 Å². The fourth-order valence-corrected chi connectivity index (χ4v) is 2.38. The average Bonchev–Trinajstić information content (AvgIpc) is 2.82. The first kappa shape index (κ1) is 16.2. The number of aromatic nitrogens is 2. The number of carbonyl (C=O) groups is 1. The maximum absolute atomic E-state index is 10.9. The molecule has 5 heteroatoms. The van der Waals surface area contributed by atoms with Gasteiger partial charge in [0.25, 0.3) is 0 Å². The summed E-state index contributed by atoms with van der Waals surface area (Å²) in [4.78, 5) is 15.5. The van der Waals surface area contributed by atoms with Gasteiger partial charge in [0.2, 0.25) is 0 Å². The summed E-state index contributed by atoms with van der Waals surface area (Å²) < 4.78 is 2.08. The Morgan fingerprint density at radius 1 is 1.32 bits per heavy atom. The number of carboxylic acids is 1. The zero-order chi connectivity index (χ0) is 16.3. The molecule has 2 rings (SSSR count). The van der Waals surface area contributed by atoms with Crippen LogP contribution < -0.4 is 5.73 Å². The Hall–Kier alpha value is -2.14. The van der Waals surface area contributed by atoms with Crippen LogP contribution >= 0.6 is 0 Å². The second-order valence-electron chi connectivity index (χ2n) is 6.57. The van der Waals surface area contributed by atoms with Gasteiger partial charge in [0, 0.05) is 24.6 Å². The number of nitrogens with zero attached hydrogens (tertiary/aromatic N) is 2. The van der Waals surface area contributed by atoms with E-state index in [2.05, 4.69) is 42.5 Å². The normalized spacial score (nSPS) is 13.1. The molecule has 0 bridgehead atoms. The first-order valence-corrected chi connectivity index (χ1v) is 7.36. The van der Waals surface area contributed by atoms with Gasteiger partial charge in [-0.15, -0.1) is 0 Å². The number of imidazole rings is 1. The molecule has 0 aliphatic rings. The Bertz CT molecular complexity index is 642. The SMILES string of the molecule is CC(C)(C)c1nc(C[C@H](N)C(=O)O)cn1Cc1ccccc1. The molecule has 0 saturated carbocycles. The van der Waals surface area contributed by atoms with E-state index < -0.39 is 12.0 Å². The fourth-order valence-electron chi connectivity index (χ4n) is 2.38. The van der Waals surface area contributed by atoms with Crippen molar-refractivity contribution in [2.45, 2.75) is 45.2 Å². The molecular formula is C17H23N3O2. The van der Waals surface area contributed by atoms with Crippen LogP contribution in [0.15, 0.2) is 36.5 Å². The number of hydrogen-bond acceptors (Lipinski definition) is 3. The number of hydrogen-bond donors (Lipinski definition) is 2. The van der Waals surface area contributed by atoms with Crippen molar-refractivity contribution in [3.63, 3.8) is 0 Å². The van der Waals surface area contributed by atoms with Gasteiger partial charge in [-0.1, -0.05) is 51.1 Å². The molecule has 5 nitrogen and oxygen atoms in total. The van der Waals surface area contributed by atoms with Gasteiger partial charge >= 0.3 is 5.97 Å². The van der Waals surface area contributed by atoms with Crippen molar-refractivity contribution < 1.29 is 9.90 Å². The molecular weight excluding hydrogens is 278 g/mol. The van der Waals surface area contributed by atoms with Crippen molar-refractivity contribution in [3.05, 3.63) is 53.6 Å². The topological polar surface area (TPSA) is 81.1 Å². The first-order valence-electron chi connectivity index (χ1n) is 7.36. The van der Waals surface area contributed by atoms with E-state index in [9.17, 15) is 4.79 Å². The highest BCUT2D eigenvalue weighted by Crippen LogP contribution is 2.23. The highest BCUT2D eigenvalue weighted by Gasteiger charge is 2.23. The molecule has 0 unspecified atom stereocenters. The Kier molecular flexibility index (Phi) is 4.66. The highest BCUT2D eigenvalue weighted by molar-refractivity contribution is 5.73.